The van der Waals surface area contributed by atoms with Gasteiger partial charge in [0.15, 0.2) is 5.82 Å². The molecule has 1 fully saturated rings. The van der Waals surface area contributed by atoms with Crippen molar-refractivity contribution in [1.29, 1.82) is 0 Å². The fourth-order valence-corrected chi connectivity index (χ4v) is 1.73. The summed E-state index contributed by atoms with van der Waals surface area (Å²) >= 11 is 0. The monoisotopic (exact) mass is 247 g/mol. The molecule has 0 saturated carbocycles. The Balaban J connectivity index is 0.00000128. The quantitative estimate of drug-likeness (QED) is 0.792. The maximum Gasteiger partial charge on any atom is 0.325 e. The summed E-state index contributed by atoms with van der Waals surface area (Å²) in [6.45, 7) is 2.55. The van der Waals surface area contributed by atoms with Crippen LogP contribution in [0.2, 0.25) is 0 Å². The molecule has 1 aliphatic heterocycles. The van der Waals surface area contributed by atoms with Gasteiger partial charge in [0.25, 0.3) is 0 Å². The van der Waals surface area contributed by atoms with Crippen molar-refractivity contribution in [3.05, 3.63) is 5.82 Å². The molecule has 0 aromatic carbocycles. The van der Waals surface area contributed by atoms with Crippen molar-refractivity contribution in [2.45, 2.75) is 25.9 Å². The maximum atomic E-state index is 10.5. The van der Waals surface area contributed by atoms with Gasteiger partial charge in [0, 0.05) is 0 Å². The molecule has 0 unspecified atom stereocenters. The fourth-order valence-electron chi connectivity index (χ4n) is 1.73. The molecule has 7 nitrogen and oxygen atoms in total. The van der Waals surface area contributed by atoms with Gasteiger partial charge < -0.3 is 5.11 Å². The standard InChI is InChI=1S/C8H13N5O2.ClH/c14-8(15)6-13-7(9-10-11-13)5-12-3-1-2-4-12;/h1-6H2,(H,14,15);1H. The summed E-state index contributed by atoms with van der Waals surface area (Å²) in [4.78, 5) is 12.8. The van der Waals surface area contributed by atoms with Gasteiger partial charge in [0.1, 0.15) is 6.54 Å². The largest absolute Gasteiger partial charge is 0.480 e. The van der Waals surface area contributed by atoms with Gasteiger partial charge in [-0.1, -0.05) is 0 Å². The molecule has 8 heteroatoms. The molecular weight excluding hydrogens is 234 g/mol. The van der Waals surface area contributed by atoms with Crippen LogP contribution >= 0.6 is 12.4 Å². The van der Waals surface area contributed by atoms with E-state index in [9.17, 15) is 4.79 Å². The van der Waals surface area contributed by atoms with Crippen molar-refractivity contribution in [2.75, 3.05) is 13.1 Å². The van der Waals surface area contributed by atoms with Crippen LogP contribution in [0.3, 0.4) is 0 Å². The SMILES string of the molecule is Cl.O=C(O)Cn1nnnc1CN1CCCC1. The van der Waals surface area contributed by atoms with E-state index in [0.29, 0.717) is 12.4 Å². The van der Waals surface area contributed by atoms with E-state index < -0.39 is 5.97 Å². The lowest BCUT2D eigenvalue weighted by atomic mass is 10.4. The molecule has 0 aliphatic carbocycles. The van der Waals surface area contributed by atoms with E-state index in [2.05, 4.69) is 20.4 Å². The molecule has 0 spiro atoms. The van der Waals surface area contributed by atoms with Crippen molar-refractivity contribution in [3.63, 3.8) is 0 Å². The van der Waals surface area contributed by atoms with Gasteiger partial charge in [-0.3, -0.25) is 9.69 Å². The molecule has 1 N–H and O–H groups in total. The van der Waals surface area contributed by atoms with Crippen molar-refractivity contribution in [1.82, 2.24) is 25.1 Å². The van der Waals surface area contributed by atoms with Gasteiger partial charge in [-0.2, -0.15) is 0 Å². The van der Waals surface area contributed by atoms with Crippen LogP contribution in [-0.2, 0) is 17.9 Å². The van der Waals surface area contributed by atoms with E-state index in [0.717, 1.165) is 13.1 Å². The van der Waals surface area contributed by atoms with Crippen LogP contribution < -0.4 is 0 Å². The Kier molecular flexibility index (Phi) is 4.63. The van der Waals surface area contributed by atoms with E-state index >= 15 is 0 Å². The van der Waals surface area contributed by atoms with Gasteiger partial charge in [0.2, 0.25) is 0 Å². The van der Waals surface area contributed by atoms with Crippen LogP contribution in [0, 0.1) is 0 Å². The molecule has 0 amide bonds. The minimum atomic E-state index is -0.926. The Morgan fingerprint density at radius 1 is 1.38 bits per heavy atom. The number of aliphatic carboxylic acids is 1. The molecule has 2 rings (SSSR count). The number of hydrogen-bond acceptors (Lipinski definition) is 5. The molecule has 0 atom stereocenters. The Morgan fingerprint density at radius 3 is 2.69 bits per heavy atom. The van der Waals surface area contributed by atoms with Gasteiger partial charge in [-0.05, 0) is 36.4 Å². The number of rotatable bonds is 4. The molecule has 0 radical (unpaired) electrons. The predicted octanol–water partition coefficient (Wildman–Crippen LogP) is -0.225. The minimum absolute atomic E-state index is 0. The molecule has 2 heterocycles. The van der Waals surface area contributed by atoms with Crippen molar-refractivity contribution in [2.24, 2.45) is 0 Å². The maximum absolute atomic E-state index is 10.5. The van der Waals surface area contributed by atoms with E-state index in [-0.39, 0.29) is 19.0 Å². The van der Waals surface area contributed by atoms with E-state index in [1.165, 1.54) is 17.5 Å². The lowest BCUT2D eigenvalue weighted by Gasteiger charge is -2.12. The normalized spacial score (nSPS) is 16.0. The van der Waals surface area contributed by atoms with Crippen LogP contribution in [0.15, 0.2) is 0 Å². The summed E-state index contributed by atoms with van der Waals surface area (Å²) in [5.41, 5.74) is 0. The van der Waals surface area contributed by atoms with Crippen molar-refractivity contribution in [3.8, 4) is 0 Å². The van der Waals surface area contributed by atoms with Crippen LogP contribution in [0.5, 0.6) is 0 Å². The first-order valence-electron chi connectivity index (χ1n) is 4.95. The van der Waals surface area contributed by atoms with Gasteiger partial charge >= 0.3 is 5.97 Å². The number of likely N-dealkylation sites (tertiary alicyclic amines) is 1. The first-order valence-corrected chi connectivity index (χ1v) is 4.95. The van der Waals surface area contributed by atoms with Crippen molar-refractivity contribution < 1.29 is 9.90 Å². The van der Waals surface area contributed by atoms with E-state index in [4.69, 9.17) is 5.11 Å². The topological polar surface area (TPSA) is 84.1 Å². The molecule has 0 bridgehead atoms. The third-order valence-electron chi connectivity index (χ3n) is 2.45. The average molecular weight is 248 g/mol. The number of halogens is 1. The summed E-state index contributed by atoms with van der Waals surface area (Å²) in [5.74, 6) is -0.302. The average Bonchev–Trinajstić information content (AvgIpc) is 2.78. The first-order chi connectivity index (χ1) is 7.25. The highest BCUT2D eigenvalue weighted by Gasteiger charge is 2.16. The highest BCUT2D eigenvalue weighted by Crippen LogP contribution is 2.10. The molecule has 1 aromatic rings. The first kappa shape index (κ1) is 12.9. The van der Waals surface area contributed by atoms with Crippen LogP contribution in [-0.4, -0.2) is 49.3 Å². The van der Waals surface area contributed by atoms with Crippen LogP contribution in [0.25, 0.3) is 0 Å². The summed E-state index contributed by atoms with van der Waals surface area (Å²) in [6, 6.07) is 0. The van der Waals surface area contributed by atoms with Gasteiger partial charge in [-0.25, -0.2) is 4.68 Å². The van der Waals surface area contributed by atoms with E-state index in [1.807, 2.05) is 0 Å². The number of tetrazole rings is 1. The molecule has 1 saturated heterocycles. The Morgan fingerprint density at radius 2 is 2.06 bits per heavy atom. The number of carboxylic acids is 1. The predicted molar refractivity (Wildman–Crippen MR) is 57.2 cm³/mol. The molecule has 16 heavy (non-hydrogen) atoms. The lowest BCUT2D eigenvalue weighted by molar-refractivity contribution is -0.138. The second-order valence-corrected chi connectivity index (χ2v) is 3.63. The Hall–Kier alpha value is -1.21. The number of hydrogen-bond donors (Lipinski definition) is 1. The van der Waals surface area contributed by atoms with E-state index in [1.54, 1.807) is 0 Å². The van der Waals surface area contributed by atoms with Crippen molar-refractivity contribution >= 4 is 18.4 Å². The Bertz CT molecular complexity index is 350. The Labute approximate surface area is 98.8 Å². The summed E-state index contributed by atoms with van der Waals surface area (Å²) in [6.07, 6.45) is 2.39. The number of aromatic nitrogens is 4. The zero-order valence-corrected chi connectivity index (χ0v) is 9.56. The van der Waals surface area contributed by atoms with Crippen LogP contribution in [0.1, 0.15) is 18.7 Å². The smallest absolute Gasteiger partial charge is 0.325 e. The lowest BCUT2D eigenvalue weighted by Crippen LogP contribution is -2.23. The highest BCUT2D eigenvalue weighted by molar-refractivity contribution is 5.85. The molecular formula is C8H14ClN5O2. The molecule has 1 aliphatic rings. The second-order valence-electron chi connectivity index (χ2n) is 3.63. The highest BCUT2D eigenvalue weighted by atomic mass is 35.5. The summed E-state index contributed by atoms with van der Waals surface area (Å²) in [7, 11) is 0. The van der Waals surface area contributed by atoms with Gasteiger partial charge in [-0.15, -0.1) is 17.5 Å². The zero-order chi connectivity index (χ0) is 10.7. The third kappa shape index (κ3) is 3.14. The molecule has 90 valence electrons. The fraction of sp³-hybridized carbons (Fsp3) is 0.750. The molecule has 1 aromatic heterocycles. The number of carboxylic acid groups (broad SMARTS) is 1. The zero-order valence-electron chi connectivity index (χ0n) is 8.74. The van der Waals surface area contributed by atoms with Crippen LogP contribution in [0.4, 0.5) is 0 Å². The summed E-state index contributed by atoms with van der Waals surface area (Å²) < 4.78 is 1.33. The third-order valence-corrected chi connectivity index (χ3v) is 2.45. The van der Waals surface area contributed by atoms with Gasteiger partial charge in [0.05, 0.1) is 6.54 Å². The number of carbonyl (C=O) groups is 1. The number of nitrogens with zero attached hydrogens (tertiary/aromatic N) is 5. The summed E-state index contributed by atoms with van der Waals surface area (Å²) in [5, 5.41) is 19.6. The minimum Gasteiger partial charge on any atom is -0.480 e. The second kappa shape index (κ2) is 5.76.